The summed E-state index contributed by atoms with van der Waals surface area (Å²) in [5.41, 5.74) is 1.63. The maximum atomic E-state index is 13.9. The van der Waals surface area contributed by atoms with E-state index in [1.54, 1.807) is 29.2 Å². The van der Waals surface area contributed by atoms with E-state index in [-0.39, 0.29) is 18.4 Å². The van der Waals surface area contributed by atoms with E-state index >= 15 is 0 Å². The minimum absolute atomic E-state index is 0.0818. The number of carbonyl (C=O) groups is 1. The van der Waals surface area contributed by atoms with E-state index in [4.69, 9.17) is 16.0 Å². The van der Waals surface area contributed by atoms with Crippen LogP contribution in [0.2, 0.25) is 5.02 Å². The molecule has 0 spiro atoms. The fraction of sp³-hybridized carbons (Fsp3) is 0.238. The van der Waals surface area contributed by atoms with Crippen LogP contribution in [0.5, 0.6) is 0 Å². The van der Waals surface area contributed by atoms with Gasteiger partial charge in [0.25, 0.3) is 0 Å². The molecule has 8 heteroatoms. The molecule has 0 bridgehead atoms. The van der Waals surface area contributed by atoms with Crippen molar-refractivity contribution in [2.45, 2.75) is 18.9 Å². The van der Waals surface area contributed by atoms with Crippen molar-refractivity contribution in [3.05, 3.63) is 71.1 Å². The van der Waals surface area contributed by atoms with Crippen molar-refractivity contribution >= 4 is 23.2 Å². The van der Waals surface area contributed by atoms with E-state index in [1.165, 1.54) is 18.4 Å². The molecule has 150 valence electrons. The Morgan fingerprint density at radius 1 is 1.24 bits per heavy atom. The quantitative estimate of drug-likeness (QED) is 0.675. The van der Waals surface area contributed by atoms with Gasteiger partial charge in [-0.2, -0.15) is 0 Å². The fourth-order valence-corrected chi connectivity index (χ4v) is 3.52. The summed E-state index contributed by atoms with van der Waals surface area (Å²) in [7, 11) is 0. The summed E-state index contributed by atoms with van der Waals surface area (Å²) in [5, 5.41) is 3.55. The molecule has 29 heavy (non-hydrogen) atoms. The van der Waals surface area contributed by atoms with Crippen LogP contribution >= 0.6 is 11.6 Å². The summed E-state index contributed by atoms with van der Waals surface area (Å²) in [6.07, 6.45) is 2.22. The number of nitrogens with one attached hydrogen (secondary N) is 1. The SMILES string of the molecule is O=C(Cc1coc(-c2ccc(Cl)cc2)n1)NC1CCN(c2ccc(F)cc2F)C1. The number of hydrogen-bond donors (Lipinski definition) is 1. The molecular formula is C21H18ClF2N3O2. The zero-order valence-corrected chi connectivity index (χ0v) is 16.1. The second kappa shape index (κ2) is 8.21. The Labute approximate surface area is 171 Å². The maximum Gasteiger partial charge on any atom is 0.226 e. The molecule has 1 unspecified atom stereocenters. The van der Waals surface area contributed by atoms with E-state index in [2.05, 4.69) is 10.3 Å². The highest BCUT2D eigenvalue weighted by Crippen LogP contribution is 2.25. The third-order valence-electron chi connectivity index (χ3n) is 4.79. The van der Waals surface area contributed by atoms with Crippen LogP contribution in [0.1, 0.15) is 12.1 Å². The minimum atomic E-state index is -0.610. The number of amides is 1. The zero-order chi connectivity index (χ0) is 20.4. The molecule has 1 saturated heterocycles. The molecule has 1 amide bonds. The lowest BCUT2D eigenvalue weighted by Crippen LogP contribution is -2.38. The van der Waals surface area contributed by atoms with Crippen molar-refractivity contribution in [1.82, 2.24) is 10.3 Å². The molecule has 2 heterocycles. The molecule has 1 aliphatic rings. The van der Waals surface area contributed by atoms with Crippen molar-refractivity contribution in [3.63, 3.8) is 0 Å². The predicted molar refractivity (Wildman–Crippen MR) is 106 cm³/mol. The van der Waals surface area contributed by atoms with Crippen molar-refractivity contribution in [2.75, 3.05) is 18.0 Å². The first kappa shape index (κ1) is 19.4. The lowest BCUT2D eigenvalue weighted by molar-refractivity contribution is -0.121. The van der Waals surface area contributed by atoms with Gasteiger partial charge in [0.05, 0.1) is 17.8 Å². The van der Waals surface area contributed by atoms with Crippen molar-refractivity contribution in [1.29, 1.82) is 0 Å². The number of nitrogens with zero attached hydrogens (tertiary/aromatic N) is 2. The third kappa shape index (κ3) is 4.56. The Kier molecular flexibility index (Phi) is 5.49. The van der Waals surface area contributed by atoms with Crippen molar-refractivity contribution in [3.8, 4) is 11.5 Å². The summed E-state index contributed by atoms with van der Waals surface area (Å²) in [5.74, 6) is -0.981. The highest BCUT2D eigenvalue weighted by atomic mass is 35.5. The van der Waals surface area contributed by atoms with Crippen LogP contribution in [0.15, 0.2) is 53.1 Å². The topological polar surface area (TPSA) is 58.4 Å². The molecular weight excluding hydrogens is 400 g/mol. The number of hydrogen-bond acceptors (Lipinski definition) is 4. The molecule has 0 aliphatic carbocycles. The summed E-state index contributed by atoms with van der Waals surface area (Å²) in [6, 6.07) is 10.5. The molecule has 2 aromatic carbocycles. The van der Waals surface area contributed by atoms with Gasteiger partial charge in [0.2, 0.25) is 11.8 Å². The van der Waals surface area contributed by atoms with Gasteiger partial charge in [-0.3, -0.25) is 4.79 Å². The third-order valence-corrected chi connectivity index (χ3v) is 5.04. The number of halogens is 3. The highest BCUT2D eigenvalue weighted by molar-refractivity contribution is 6.30. The van der Waals surface area contributed by atoms with Crippen LogP contribution in [0.3, 0.4) is 0 Å². The van der Waals surface area contributed by atoms with Crippen LogP contribution in [0, 0.1) is 11.6 Å². The van der Waals surface area contributed by atoms with E-state index in [0.29, 0.717) is 41.8 Å². The normalized spacial score (nSPS) is 16.2. The number of carbonyl (C=O) groups excluding carboxylic acids is 1. The summed E-state index contributed by atoms with van der Waals surface area (Å²) in [6.45, 7) is 1.04. The van der Waals surface area contributed by atoms with Gasteiger partial charge in [-0.05, 0) is 42.8 Å². The first-order valence-electron chi connectivity index (χ1n) is 9.17. The van der Waals surface area contributed by atoms with Gasteiger partial charge in [0, 0.05) is 35.8 Å². The number of oxazole rings is 1. The Morgan fingerprint density at radius 3 is 2.79 bits per heavy atom. The molecule has 5 nitrogen and oxygen atoms in total. The molecule has 0 saturated carbocycles. The van der Waals surface area contributed by atoms with Crippen LogP contribution < -0.4 is 10.2 Å². The second-order valence-electron chi connectivity index (χ2n) is 6.92. The fourth-order valence-electron chi connectivity index (χ4n) is 3.39. The van der Waals surface area contributed by atoms with Gasteiger partial charge in [0.15, 0.2) is 0 Å². The highest BCUT2D eigenvalue weighted by Gasteiger charge is 2.26. The molecule has 1 aromatic heterocycles. The van der Waals surface area contributed by atoms with Crippen LogP contribution in [-0.4, -0.2) is 30.0 Å². The first-order chi connectivity index (χ1) is 14.0. The molecule has 1 fully saturated rings. The average Bonchev–Trinajstić information content (AvgIpc) is 3.32. The lowest BCUT2D eigenvalue weighted by atomic mass is 10.2. The average molecular weight is 418 g/mol. The molecule has 1 N–H and O–H groups in total. The van der Waals surface area contributed by atoms with Gasteiger partial charge < -0.3 is 14.6 Å². The second-order valence-corrected chi connectivity index (χ2v) is 7.36. The van der Waals surface area contributed by atoms with Crippen molar-refractivity contribution < 1.29 is 18.0 Å². The molecule has 1 aliphatic heterocycles. The van der Waals surface area contributed by atoms with Gasteiger partial charge in [-0.1, -0.05) is 11.6 Å². The van der Waals surface area contributed by atoms with E-state index in [0.717, 1.165) is 11.6 Å². The Hall–Kier alpha value is -2.93. The summed E-state index contributed by atoms with van der Waals surface area (Å²) in [4.78, 5) is 18.5. The van der Waals surface area contributed by atoms with Crippen LogP contribution in [-0.2, 0) is 11.2 Å². The largest absolute Gasteiger partial charge is 0.444 e. The Bertz CT molecular complexity index is 1020. The standard InChI is InChI=1S/C21H18ClF2N3O2/c22-14-3-1-13(2-4-14)21-26-17(12-29-21)10-20(28)25-16-7-8-27(11-16)19-6-5-15(23)9-18(19)24/h1-6,9,12,16H,7-8,10-11H2,(H,25,28). The van der Waals surface area contributed by atoms with Crippen LogP contribution in [0.4, 0.5) is 14.5 Å². The number of rotatable bonds is 5. The Balaban J connectivity index is 1.33. The monoisotopic (exact) mass is 417 g/mol. The predicted octanol–water partition coefficient (Wildman–Crippen LogP) is 4.21. The lowest BCUT2D eigenvalue weighted by Gasteiger charge is -2.19. The van der Waals surface area contributed by atoms with Gasteiger partial charge in [-0.25, -0.2) is 13.8 Å². The molecule has 0 radical (unpaired) electrons. The zero-order valence-electron chi connectivity index (χ0n) is 15.4. The van der Waals surface area contributed by atoms with E-state index < -0.39 is 11.6 Å². The van der Waals surface area contributed by atoms with Crippen LogP contribution in [0.25, 0.3) is 11.5 Å². The first-order valence-corrected chi connectivity index (χ1v) is 9.55. The molecule has 1 atom stereocenters. The summed E-state index contributed by atoms with van der Waals surface area (Å²) >= 11 is 5.87. The van der Waals surface area contributed by atoms with Gasteiger partial charge >= 0.3 is 0 Å². The molecule has 3 aromatic rings. The smallest absolute Gasteiger partial charge is 0.226 e. The van der Waals surface area contributed by atoms with Gasteiger partial charge in [-0.15, -0.1) is 0 Å². The van der Waals surface area contributed by atoms with Gasteiger partial charge in [0.1, 0.15) is 17.9 Å². The Morgan fingerprint density at radius 2 is 2.03 bits per heavy atom. The number of anilines is 1. The summed E-state index contributed by atoms with van der Waals surface area (Å²) < 4.78 is 32.5. The number of aromatic nitrogens is 1. The van der Waals surface area contributed by atoms with E-state index in [1.807, 2.05) is 0 Å². The maximum absolute atomic E-state index is 13.9. The van der Waals surface area contributed by atoms with E-state index in [9.17, 15) is 13.6 Å². The number of benzene rings is 2. The van der Waals surface area contributed by atoms with Crippen molar-refractivity contribution in [2.24, 2.45) is 0 Å². The molecule has 4 rings (SSSR count). The minimum Gasteiger partial charge on any atom is -0.444 e.